The quantitative estimate of drug-likeness (QED) is 0.0910. The fraction of sp³-hybridized carbons (Fsp3) is 1.00. The van der Waals surface area contributed by atoms with Crippen molar-refractivity contribution in [3.05, 3.63) is 0 Å². The Morgan fingerprint density at radius 2 is 0.500 bits per heavy atom. The maximum absolute atomic E-state index is 10.1. The Morgan fingerprint density at radius 3 is 0.750 bits per heavy atom. The number of hydrogen-bond donors (Lipinski definition) is 2. The molecule has 0 amide bonds. The van der Waals surface area contributed by atoms with Crippen LogP contribution in [0, 0.1) is 0 Å². The second kappa shape index (κ2) is 31.1. The smallest absolute Gasteiger partial charge is 0.0564 e. The van der Waals surface area contributed by atoms with Crippen LogP contribution in [0.2, 0.25) is 0 Å². The van der Waals surface area contributed by atoms with Gasteiger partial charge >= 0.3 is 0 Å². The summed E-state index contributed by atoms with van der Waals surface area (Å²) in [6.07, 6.45) is 39.0. The number of rotatable bonds is 31. The molecular formula is C34H70O2. The molecule has 0 unspecified atom stereocenters. The van der Waals surface area contributed by atoms with Gasteiger partial charge < -0.3 is 10.2 Å². The zero-order valence-corrected chi connectivity index (χ0v) is 25.3. The summed E-state index contributed by atoms with van der Waals surface area (Å²) in [6.45, 7) is 4.51. The highest BCUT2D eigenvalue weighted by atomic mass is 16.3. The number of aliphatic hydroxyl groups is 2. The SMILES string of the molecule is CCCCCCCCCCCCCCCCCCCCCCCCC[C@@H](O)C[C@@H](O)CCCCCC. The molecule has 2 N–H and O–H groups in total. The van der Waals surface area contributed by atoms with Crippen molar-refractivity contribution in [2.45, 2.75) is 219 Å². The van der Waals surface area contributed by atoms with Gasteiger partial charge in [-0.1, -0.05) is 187 Å². The first-order valence-electron chi connectivity index (χ1n) is 17.1. The first-order valence-corrected chi connectivity index (χ1v) is 17.1. The number of aliphatic hydroxyl groups excluding tert-OH is 2. The van der Waals surface area contributed by atoms with E-state index in [0.717, 1.165) is 25.7 Å². The maximum atomic E-state index is 10.1. The van der Waals surface area contributed by atoms with Gasteiger partial charge in [-0.25, -0.2) is 0 Å². The van der Waals surface area contributed by atoms with Crippen LogP contribution in [0.5, 0.6) is 0 Å². The summed E-state index contributed by atoms with van der Waals surface area (Å²) >= 11 is 0. The molecule has 0 aliphatic rings. The van der Waals surface area contributed by atoms with Gasteiger partial charge in [-0.15, -0.1) is 0 Å². The summed E-state index contributed by atoms with van der Waals surface area (Å²) in [5.41, 5.74) is 0. The monoisotopic (exact) mass is 511 g/mol. The summed E-state index contributed by atoms with van der Waals surface area (Å²) in [5, 5.41) is 20.2. The molecule has 0 fully saturated rings. The van der Waals surface area contributed by atoms with E-state index in [-0.39, 0.29) is 12.2 Å². The summed E-state index contributed by atoms with van der Waals surface area (Å²) in [6, 6.07) is 0. The van der Waals surface area contributed by atoms with E-state index in [1.54, 1.807) is 0 Å². The number of hydrogen-bond acceptors (Lipinski definition) is 2. The average Bonchev–Trinajstić information content (AvgIpc) is 2.87. The van der Waals surface area contributed by atoms with E-state index in [4.69, 9.17) is 0 Å². The predicted molar refractivity (Wildman–Crippen MR) is 162 cm³/mol. The van der Waals surface area contributed by atoms with E-state index < -0.39 is 0 Å². The minimum absolute atomic E-state index is 0.304. The zero-order chi connectivity index (χ0) is 26.4. The van der Waals surface area contributed by atoms with Crippen molar-refractivity contribution in [2.24, 2.45) is 0 Å². The van der Waals surface area contributed by atoms with Crippen molar-refractivity contribution >= 4 is 0 Å². The lowest BCUT2D eigenvalue weighted by Crippen LogP contribution is -2.17. The van der Waals surface area contributed by atoms with Crippen LogP contribution in [0.4, 0.5) is 0 Å². The molecular weight excluding hydrogens is 440 g/mol. The molecule has 2 nitrogen and oxygen atoms in total. The van der Waals surface area contributed by atoms with Crippen LogP contribution >= 0.6 is 0 Å². The molecule has 0 aromatic carbocycles. The average molecular weight is 511 g/mol. The van der Waals surface area contributed by atoms with E-state index >= 15 is 0 Å². The summed E-state index contributed by atoms with van der Waals surface area (Å²) in [7, 11) is 0. The zero-order valence-electron chi connectivity index (χ0n) is 25.3. The topological polar surface area (TPSA) is 40.5 Å². The number of unbranched alkanes of at least 4 members (excludes halogenated alkanes) is 25. The van der Waals surface area contributed by atoms with E-state index in [2.05, 4.69) is 13.8 Å². The Labute approximate surface area is 228 Å². The minimum Gasteiger partial charge on any atom is -0.393 e. The van der Waals surface area contributed by atoms with Gasteiger partial charge in [0.2, 0.25) is 0 Å². The van der Waals surface area contributed by atoms with E-state index in [1.807, 2.05) is 0 Å². The first-order chi connectivity index (χ1) is 17.7. The van der Waals surface area contributed by atoms with Gasteiger partial charge in [-0.3, -0.25) is 0 Å². The molecule has 0 spiro atoms. The molecule has 0 rings (SSSR count). The van der Waals surface area contributed by atoms with Crippen molar-refractivity contribution in [3.63, 3.8) is 0 Å². The fourth-order valence-electron chi connectivity index (χ4n) is 5.52. The fourth-order valence-corrected chi connectivity index (χ4v) is 5.52. The van der Waals surface area contributed by atoms with Crippen molar-refractivity contribution < 1.29 is 10.2 Å². The van der Waals surface area contributed by atoms with Gasteiger partial charge in [-0.05, 0) is 19.3 Å². The van der Waals surface area contributed by atoms with Crippen LogP contribution in [0.25, 0.3) is 0 Å². The molecule has 36 heavy (non-hydrogen) atoms. The highest BCUT2D eigenvalue weighted by Crippen LogP contribution is 2.17. The van der Waals surface area contributed by atoms with Crippen LogP contribution in [-0.2, 0) is 0 Å². The van der Waals surface area contributed by atoms with Gasteiger partial charge in [0.15, 0.2) is 0 Å². The third-order valence-electron chi connectivity index (χ3n) is 8.08. The molecule has 0 saturated heterocycles. The maximum Gasteiger partial charge on any atom is 0.0564 e. The third-order valence-corrected chi connectivity index (χ3v) is 8.08. The standard InChI is InChI=1S/C34H70O2/c1-3-5-7-9-10-11-12-13-14-15-16-17-18-19-20-21-22-23-24-25-26-27-29-31-34(36)32-33(35)30-28-8-6-4-2/h33-36H,3-32H2,1-2H3/t33-,34+/m0/s1. The largest absolute Gasteiger partial charge is 0.393 e. The van der Waals surface area contributed by atoms with Gasteiger partial charge in [-0.2, -0.15) is 0 Å². The highest BCUT2D eigenvalue weighted by Gasteiger charge is 2.11. The Hall–Kier alpha value is -0.0800. The van der Waals surface area contributed by atoms with E-state index in [0.29, 0.717) is 6.42 Å². The highest BCUT2D eigenvalue weighted by molar-refractivity contribution is 4.64. The molecule has 0 saturated carbocycles. The van der Waals surface area contributed by atoms with Crippen LogP contribution in [0.3, 0.4) is 0 Å². The van der Waals surface area contributed by atoms with Gasteiger partial charge in [0.25, 0.3) is 0 Å². The molecule has 218 valence electrons. The van der Waals surface area contributed by atoms with Crippen molar-refractivity contribution in [2.75, 3.05) is 0 Å². The summed E-state index contributed by atoms with van der Waals surface area (Å²) < 4.78 is 0. The van der Waals surface area contributed by atoms with Crippen LogP contribution in [0.1, 0.15) is 206 Å². The molecule has 0 aromatic rings. The lowest BCUT2D eigenvalue weighted by molar-refractivity contribution is 0.0680. The predicted octanol–water partition coefficient (Wildman–Crippen LogP) is 11.5. The summed E-state index contributed by atoms with van der Waals surface area (Å²) in [4.78, 5) is 0. The Bertz CT molecular complexity index is 383. The normalized spacial score (nSPS) is 13.3. The van der Waals surface area contributed by atoms with Crippen molar-refractivity contribution in [1.82, 2.24) is 0 Å². The third kappa shape index (κ3) is 30.1. The first kappa shape index (κ1) is 35.9. The Morgan fingerprint density at radius 1 is 0.306 bits per heavy atom. The Balaban J connectivity index is 3.16. The molecule has 0 bridgehead atoms. The van der Waals surface area contributed by atoms with E-state index in [9.17, 15) is 10.2 Å². The van der Waals surface area contributed by atoms with Crippen molar-refractivity contribution in [3.8, 4) is 0 Å². The second-order valence-electron chi connectivity index (χ2n) is 12.0. The second-order valence-corrected chi connectivity index (χ2v) is 12.0. The van der Waals surface area contributed by atoms with Crippen LogP contribution < -0.4 is 0 Å². The molecule has 0 aliphatic heterocycles. The molecule has 0 heterocycles. The molecule has 0 aliphatic carbocycles. The summed E-state index contributed by atoms with van der Waals surface area (Å²) in [5.74, 6) is 0. The van der Waals surface area contributed by atoms with Gasteiger partial charge in [0.1, 0.15) is 0 Å². The molecule has 2 atom stereocenters. The van der Waals surface area contributed by atoms with Crippen LogP contribution in [-0.4, -0.2) is 22.4 Å². The molecule has 0 radical (unpaired) electrons. The molecule has 2 heteroatoms. The lowest BCUT2D eigenvalue weighted by Gasteiger charge is -2.15. The Kier molecular flexibility index (Phi) is 31.1. The minimum atomic E-state index is -0.305. The van der Waals surface area contributed by atoms with Crippen LogP contribution in [0.15, 0.2) is 0 Å². The van der Waals surface area contributed by atoms with Gasteiger partial charge in [0, 0.05) is 0 Å². The molecule has 0 aromatic heterocycles. The van der Waals surface area contributed by atoms with E-state index in [1.165, 1.54) is 161 Å². The van der Waals surface area contributed by atoms with Crippen molar-refractivity contribution in [1.29, 1.82) is 0 Å². The lowest BCUT2D eigenvalue weighted by atomic mass is 10.00. The van der Waals surface area contributed by atoms with Gasteiger partial charge in [0.05, 0.1) is 12.2 Å².